The van der Waals surface area contributed by atoms with E-state index >= 15 is 0 Å². The Morgan fingerprint density at radius 2 is 2.04 bits per heavy atom. The van der Waals surface area contributed by atoms with Gasteiger partial charge < -0.3 is 15.0 Å². The van der Waals surface area contributed by atoms with Crippen molar-refractivity contribution in [2.24, 2.45) is 0 Å². The Labute approximate surface area is 151 Å². The highest BCUT2D eigenvalue weighted by Crippen LogP contribution is 2.28. The molecule has 6 heteroatoms. The van der Waals surface area contributed by atoms with Gasteiger partial charge in [0.1, 0.15) is 12.2 Å². The highest BCUT2D eigenvalue weighted by Gasteiger charge is 2.23. The van der Waals surface area contributed by atoms with Crippen molar-refractivity contribution in [2.75, 3.05) is 23.9 Å². The topological polar surface area (TPSA) is 58.6 Å². The van der Waals surface area contributed by atoms with E-state index in [4.69, 9.17) is 16.3 Å². The lowest BCUT2D eigenvalue weighted by Crippen LogP contribution is -2.37. The summed E-state index contributed by atoms with van der Waals surface area (Å²) in [5.41, 5.74) is 2.58. The molecule has 1 N–H and O–H groups in total. The maximum absolute atomic E-state index is 12.5. The minimum Gasteiger partial charge on any atom is -0.495 e. The predicted molar refractivity (Wildman–Crippen MR) is 98.4 cm³/mol. The van der Waals surface area contributed by atoms with Crippen molar-refractivity contribution in [1.82, 2.24) is 0 Å². The Morgan fingerprint density at radius 1 is 1.24 bits per heavy atom. The second kappa shape index (κ2) is 7.57. The average Bonchev–Trinajstić information content (AvgIpc) is 2.61. The molecule has 0 radical (unpaired) electrons. The fourth-order valence-corrected chi connectivity index (χ4v) is 3.23. The lowest BCUT2D eigenvalue weighted by atomic mass is 10.0. The first-order valence-electron chi connectivity index (χ1n) is 8.10. The highest BCUT2D eigenvalue weighted by molar-refractivity contribution is 6.32. The fourth-order valence-electron chi connectivity index (χ4n) is 2.97. The zero-order valence-electron chi connectivity index (χ0n) is 13.9. The number of para-hydroxylation sites is 1. The van der Waals surface area contributed by atoms with Gasteiger partial charge in [0, 0.05) is 17.9 Å². The van der Waals surface area contributed by atoms with Crippen molar-refractivity contribution in [3.8, 4) is 5.75 Å². The molecule has 130 valence electrons. The minimum absolute atomic E-state index is 0.204. The van der Waals surface area contributed by atoms with Crippen LogP contribution in [-0.4, -0.2) is 25.5 Å². The van der Waals surface area contributed by atoms with Crippen LogP contribution < -0.4 is 15.0 Å². The number of amides is 2. The minimum atomic E-state index is -0.366. The zero-order valence-corrected chi connectivity index (χ0v) is 14.7. The van der Waals surface area contributed by atoms with Gasteiger partial charge in [-0.2, -0.15) is 0 Å². The third-order valence-corrected chi connectivity index (χ3v) is 4.45. The number of halogens is 1. The summed E-state index contributed by atoms with van der Waals surface area (Å²) in [6, 6.07) is 12.8. The number of anilines is 2. The average molecular weight is 359 g/mol. The second-order valence-corrected chi connectivity index (χ2v) is 6.26. The summed E-state index contributed by atoms with van der Waals surface area (Å²) in [5.74, 6) is -0.0424. The maximum Gasteiger partial charge on any atom is 0.236 e. The van der Waals surface area contributed by atoms with E-state index in [0.717, 1.165) is 24.1 Å². The molecule has 0 spiro atoms. The van der Waals surface area contributed by atoms with Gasteiger partial charge in [0.25, 0.3) is 0 Å². The molecule has 2 aromatic carbocycles. The molecule has 1 aliphatic heterocycles. The van der Waals surface area contributed by atoms with E-state index in [2.05, 4.69) is 5.32 Å². The number of carbonyl (C=O) groups is 2. The van der Waals surface area contributed by atoms with Crippen molar-refractivity contribution in [3.05, 3.63) is 53.1 Å². The van der Waals surface area contributed by atoms with Gasteiger partial charge in [-0.05, 0) is 42.7 Å². The molecule has 25 heavy (non-hydrogen) atoms. The zero-order chi connectivity index (χ0) is 17.8. The standard InChI is InChI=1S/C19H19ClN2O3/c1-25-17-9-8-14(11-15(17)20)21-18(23)12-19(24)22-10-4-6-13-5-2-3-7-16(13)22/h2-3,5,7-9,11H,4,6,10,12H2,1H3,(H,21,23). The highest BCUT2D eigenvalue weighted by atomic mass is 35.5. The molecule has 5 nitrogen and oxygen atoms in total. The Bertz CT molecular complexity index is 807. The van der Waals surface area contributed by atoms with Gasteiger partial charge in [-0.15, -0.1) is 0 Å². The van der Waals surface area contributed by atoms with Gasteiger partial charge in [0.05, 0.1) is 12.1 Å². The molecule has 3 rings (SSSR count). The van der Waals surface area contributed by atoms with Gasteiger partial charge in [-0.1, -0.05) is 29.8 Å². The molecule has 0 unspecified atom stereocenters. The van der Waals surface area contributed by atoms with Crippen molar-refractivity contribution >= 4 is 34.8 Å². The van der Waals surface area contributed by atoms with Gasteiger partial charge in [0.15, 0.2) is 0 Å². The molecule has 0 aliphatic carbocycles. The van der Waals surface area contributed by atoms with Crippen LogP contribution >= 0.6 is 11.6 Å². The number of ether oxygens (including phenoxy) is 1. The van der Waals surface area contributed by atoms with Crippen LogP contribution in [0.1, 0.15) is 18.4 Å². The number of nitrogens with one attached hydrogen (secondary N) is 1. The molecular weight excluding hydrogens is 340 g/mol. The van der Waals surface area contributed by atoms with Gasteiger partial charge in [-0.3, -0.25) is 9.59 Å². The van der Waals surface area contributed by atoms with Crippen LogP contribution in [0.3, 0.4) is 0 Å². The Kier molecular flexibility index (Phi) is 5.24. The third-order valence-electron chi connectivity index (χ3n) is 4.16. The lowest BCUT2D eigenvalue weighted by molar-refractivity contribution is -0.125. The molecule has 1 heterocycles. The molecule has 0 saturated carbocycles. The number of rotatable bonds is 4. The van der Waals surface area contributed by atoms with Crippen LogP contribution in [0.25, 0.3) is 0 Å². The third kappa shape index (κ3) is 3.94. The van der Waals surface area contributed by atoms with Crippen molar-refractivity contribution in [3.63, 3.8) is 0 Å². The lowest BCUT2D eigenvalue weighted by Gasteiger charge is -2.29. The van der Waals surface area contributed by atoms with Gasteiger partial charge in [-0.25, -0.2) is 0 Å². The first-order chi connectivity index (χ1) is 12.1. The number of hydrogen-bond acceptors (Lipinski definition) is 3. The fraction of sp³-hybridized carbons (Fsp3) is 0.263. The van der Waals surface area contributed by atoms with Crippen molar-refractivity contribution < 1.29 is 14.3 Å². The van der Waals surface area contributed by atoms with E-state index in [1.807, 2.05) is 24.3 Å². The van der Waals surface area contributed by atoms with E-state index in [1.165, 1.54) is 7.11 Å². The number of nitrogens with zero attached hydrogens (tertiary/aromatic N) is 1. The molecule has 2 amide bonds. The SMILES string of the molecule is COc1ccc(NC(=O)CC(=O)N2CCCc3ccccc32)cc1Cl. The quantitative estimate of drug-likeness (QED) is 0.848. The number of benzene rings is 2. The largest absolute Gasteiger partial charge is 0.495 e. The van der Waals surface area contributed by atoms with Crippen LogP contribution in [0.4, 0.5) is 11.4 Å². The summed E-state index contributed by atoms with van der Waals surface area (Å²) in [6.07, 6.45) is 1.65. The van der Waals surface area contributed by atoms with Crippen LogP contribution in [0.2, 0.25) is 5.02 Å². The molecule has 0 aromatic heterocycles. The van der Waals surface area contributed by atoms with Crippen molar-refractivity contribution in [1.29, 1.82) is 0 Å². The summed E-state index contributed by atoms with van der Waals surface area (Å²) in [5, 5.41) is 3.10. The second-order valence-electron chi connectivity index (χ2n) is 5.85. The van der Waals surface area contributed by atoms with E-state index in [9.17, 15) is 9.59 Å². The van der Waals surface area contributed by atoms with E-state index in [1.54, 1.807) is 23.1 Å². The molecule has 2 aromatic rings. The summed E-state index contributed by atoms with van der Waals surface area (Å²) in [7, 11) is 1.52. The Morgan fingerprint density at radius 3 is 2.80 bits per heavy atom. The summed E-state index contributed by atoms with van der Waals surface area (Å²) < 4.78 is 5.08. The number of fused-ring (bicyclic) bond motifs is 1. The summed E-state index contributed by atoms with van der Waals surface area (Å²) in [6.45, 7) is 0.636. The Hall–Kier alpha value is -2.53. The summed E-state index contributed by atoms with van der Waals surface area (Å²) in [4.78, 5) is 26.5. The van der Waals surface area contributed by atoms with E-state index in [0.29, 0.717) is 23.0 Å². The van der Waals surface area contributed by atoms with Crippen LogP contribution in [-0.2, 0) is 16.0 Å². The van der Waals surface area contributed by atoms with Gasteiger partial charge >= 0.3 is 0 Å². The van der Waals surface area contributed by atoms with Crippen LogP contribution in [0.15, 0.2) is 42.5 Å². The smallest absolute Gasteiger partial charge is 0.236 e. The van der Waals surface area contributed by atoms with Crippen molar-refractivity contribution in [2.45, 2.75) is 19.3 Å². The number of hydrogen-bond donors (Lipinski definition) is 1. The van der Waals surface area contributed by atoms with Crippen LogP contribution in [0, 0.1) is 0 Å². The Balaban J connectivity index is 1.65. The van der Waals surface area contributed by atoms with E-state index in [-0.39, 0.29) is 18.2 Å². The van der Waals surface area contributed by atoms with Gasteiger partial charge in [0.2, 0.25) is 11.8 Å². The first kappa shape index (κ1) is 17.3. The molecule has 0 fully saturated rings. The molecule has 0 saturated heterocycles. The summed E-state index contributed by atoms with van der Waals surface area (Å²) >= 11 is 6.05. The number of methoxy groups -OCH3 is 1. The predicted octanol–water partition coefficient (Wildman–Crippen LogP) is 3.66. The van der Waals surface area contributed by atoms with E-state index < -0.39 is 0 Å². The molecule has 1 aliphatic rings. The molecular formula is C19H19ClN2O3. The normalized spacial score (nSPS) is 13.1. The monoisotopic (exact) mass is 358 g/mol. The number of aryl methyl sites for hydroxylation is 1. The molecule has 0 bridgehead atoms. The maximum atomic E-state index is 12.5. The molecule has 0 atom stereocenters. The van der Waals surface area contributed by atoms with Crippen LogP contribution in [0.5, 0.6) is 5.75 Å². The number of carbonyl (C=O) groups excluding carboxylic acids is 2. The first-order valence-corrected chi connectivity index (χ1v) is 8.48.